The van der Waals surface area contributed by atoms with Crippen LogP contribution in [0.5, 0.6) is 0 Å². The SMILES string of the molecule is CN(c1ccc(NC(=O)N2CCC(n3ccnn3)CC2)cc1F)C1CCCCC1. The third-order valence-corrected chi connectivity index (χ3v) is 6.27. The first-order chi connectivity index (χ1) is 14.1. The topological polar surface area (TPSA) is 66.3 Å². The van der Waals surface area contributed by atoms with Gasteiger partial charge in [0.2, 0.25) is 0 Å². The van der Waals surface area contributed by atoms with Crippen LogP contribution in [0.2, 0.25) is 0 Å². The number of benzene rings is 1. The molecule has 1 aromatic carbocycles. The summed E-state index contributed by atoms with van der Waals surface area (Å²) in [5.74, 6) is -0.291. The van der Waals surface area contributed by atoms with E-state index in [4.69, 9.17) is 0 Å². The van der Waals surface area contributed by atoms with Crippen LogP contribution in [0.4, 0.5) is 20.6 Å². The lowest BCUT2D eigenvalue weighted by Gasteiger charge is -2.33. The molecule has 2 heterocycles. The molecule has 1 saturated heterocycles. The minimum atomic E-state index is -0.291. The maximum absolute atomic E-state index is 14.7. The molecule has 156 valence electrons. The summed E-state index contributed by atoms with van der Waals surface area (Å²) in [4.78, 5) is 16.4. The Bertz CT molecular complexity index is 813. The van der Waals surface area contributed by atoms with E-state index in [1.165, 1.54) is 25.3 Å². The molecule has 0 spiro atoms. The molecular weight excluding hydrogens is 371 g/mol. The van der Waals surface area contributed by atoms with Crippen LogP contribution < -0.4 is 10.2 Å². The third kappa shape index (κ3) is 4.52. The minimum absolute atomic E-state index is 0.185. The van der Waals surface area contributed by atoms with Gasteiger partial charge in [0.1, 0.15) is 5.82 Å². The number of carbonyl (C=O) groups excluding carboxylic acids is 1. The van der Waals surface area contributed by atoms with Gasteiger partial charge in [0.05, 0.1) is 17.9 Å². The Morgan fingerprint density at radius 2 is 1.93 bits per heavy atom. The summed E-state index contributed by atoms with van der Waals surface area (Å²) in [5.41, 5.74) is 1.09. The fraction of sp³-hybridized carbons (Fsp3) is 0.571. The summed E-state index contributed by atoms with van der Waals surface area (Å²) in [6.07, 6.45) is 11.1. The molecule has 0 unspecified atom stereocenters. The Morgan fingerprint density at radius 3 is 2.59 bits per heavy atom. The highest BCUT2D eigenvalue weighted by molar-refractivity contribution is 5.89. The van der Waals surface area contributed by atoms with Gasteiger partial charge in [-0.15, -0.1) is 5.10 Å². The van der Waals surface area contributed by atoms with Gasteiger partial charge in [-0.3, -0.25) is 0 Å². The zero-order valence-electron chi connectivity index (χ0n) is 16.9. The highest BCUT2D eigenvalue weighted by atomic mass is 19.1. The van der Waals surface area contributed by atoms with Crippen molar-refractivity contribution in [1.29, 1.82) is 0 Å². The van der Waals surface area contributed by atoms with Gasteiger partial charge < -0.3 is 15.1 Å². The number of piperidine rings is 1. The van der Waals surface area contributed by atoms with E-state index < -0.39 is 0 Å². The van der Waals surface area contributed by atoms with E-state index in [0.717, 1.165) is 25.7 Å². The summed E-state index contributed by atoms with van der Waals surface area (Å²) in [7, 11) is 1.96. The van der Waals surface area contributed by atoms with Gasteiger partial charge in [0, 0.05) is 38.1 Å². The number of hydrogen-bond donors (Lipinski definition) is 1. The van der Waals surface area contributed by atoms with Crippen LogP contribution in [0.1, 0.15) is 51.0 Å². The van der Waals surface area contributed by atoms with Crippen molar-refractivity contribution in [2.45, 2.75) is 57.0 Å². The zero-order chi connectivity index (χ0) is 20.2. The van der Waals surface area contributed by atoms with Crippen molar-refractivity contribution in [3.8, 4) is 0 Å². The number of rotatable bonds is 4. The van der Waals surface area contributed by atoms with E-state index in [9.17, 15) is 9.18 Å². The minimum Gasteiger partial charge on any atom is -0.369 e. The molecular formula is C21H29FN6O. The van der Waals surface area contributed by atoms with Crippen molar-refractivity contribution in [2.75, 3.05) is 30.4 Å². The maximum atomic E-state index is 14.7. The number of carbonyl (C=O) groups is 1. The van der Waals surface area contributed by atoms with E-state index in [2.05, 4.69) is 20.5 Å². The van der Waals surface area contributed by atoms with Crippen LogP contribution in [-0.2, 0) is 0 Å². The second-order valence-corrected chi connectivity index (χ2v) is 8.10. The van der Waals surface area contributed by atoms with Gasteiger partial charge in [-0.25, -0.2) is 13.9 Å². The van der Waals surface area contributed by atoms with Crippen molar-refractivity contribution in [3.63, 3.8) is 0 Å². The average Bonchev–Trinajstić information content (AvgIpc) is 3.29. The van der Waals surface area contributed by atoms with E-state index >= 15 is 0 Å². The number of amides is 2. The second-order valence-electron chi connectivity index (χ2n) is 8.10. The quantitative estimate of drug-likeness (QED) is 0.841. The molecule has 1 N–H and O–H groups in total. The van der Waals surface area contributed by atoms with E-state index in [1.807, 2.05) is 17.9 Å². The summed E-state index contributed by atoms with van der Waals surface area (Å²) in [6, 6.07) is 5.47. The van der Waals surface area contributed by atoms with E-state index in [-0.39, 0.29) is 17.9 Å². The van der Waals surface area contributed by atoms with Gasteiger partial charge in [-0.1, -0.05) is 24.5 Å². The molecule has 4 rings (SSSR count). The number of halogens is 1. The average molecular weight is 401 g/mol. The molecule has 8 heteroatoms. The molecule has 1 aromatic heterocycles. The van der Waals surface area contributed by atoms with Gasteiger partial charge in [0.25, 0.3) is 0 Å². The first-order valence-corrected chi connectivity index (χ1v) is 10.6. The molecule has 29 heavy (non-hydrogen) atoms. The Morgan fingerprint density at radius 1 is 1.17 bits per heavy atom. The Hall–Kier alpha value is -2.64. The highest BCUT2D eigenvalue weighted by Gasteiger charge is 2.25. The smallest absolute Gasteiger partial charge is 0.321 e. The van der Waals surface area contributed by atoms with Crippen LogP contribution in [0.25, 0.3) is 0 Å². The summed E-state index contributed by atoms with van der Waals surface area (Å²) >= 11 is 0. The molecule has 2 aromatic rings. The number of aromatic nitrogens is 3. The van der Waals surface area contributed by atoms with Crippen LogP contribution in [0.15, 0.2) is 30.6 Å². The monoisotopic (exact) mass is 400 g/mol. The van der Waals surface area contributed by atoms with Gasteiger partial charge in [0.15, 0.2) is 0 Å². The van der Waals surface area contributed by atoms with Gasteiger partial charge >= 0.3 is 6.03 Å². The van der Waals surface area contributed by atoms with Crippen LogP contribution >= 0.6 is 0 Å². The molecule has 7 nitrogen and oxygen atoms in total. The number of nitrogens with one attached hydrogen (secondary N) is 1. The Balaban J connectivity index is 1.33. The predicted octanol–water partition coefficient (Wildman–Crippen LogP) is 4.06. The second kappa shape index (κ2) is 8.80. The number of hydrogen-bond acceptors (Lipinski definition) is 4. The van der Waals surface area contributed by atoms with Gasteiger partial charge in [-0.2, -0.15) is 0 Å². The lowest BCUT2D eigenvalue weighted by Crippen LogP contribution is -2.41. The molecule has 2 fully saturated rings. The maximum Gasteiger partial charge on any atom is 0.321 e. The normalized spacial score (nSPS) is 18.6. The molecule has 0 atom stereocenters. The Kier molecular flexibility index (Phi) is 5.97. The van der Waals surface area contributed by atoms with Crippen molar-refractivity contribution >= 4 is 17.4 Å². The fourth-order valence-electron chi connectivity index (χ4n) is 4.48. The highest BCUT2D eigenvalue weighted by Crippen LogP contribution is 2.29. The van der Waals surface area contributed by atoms with Crippen molar-refractivity contribution in [2.24, 2.45) is 0 Å². The van der Waals surface area contributed by atoms with Gasteiger partial charge in [-0.05, 0) is 43.9 Å². The lowest BCUT2D eigenvalue weighted by atomic mass is 9.94. The van der Waals surface area contributed by atoms with Crippen molar-refractivity contribution in [1.82, 2.24) is 19.9 Å². The standard InChI is InChI=1S/C21H29FN6O/c1-26(17-5-3-2-4-6-17)20-8-7-16(15-19(20)22)24-21(29)27-12-9-18(10-13-27)28-14-11-23-25-28/h7-8,11,14-15,17-18H,2-6,9-10,12-13H2,1H3,(H,24,29). The molecule has 1 aliphatic heterocycles. The number of anilines is 2. The molecule has 2 aliphatic rings. The number of nitrogens with zero attached hydrogens (tertiary/aromatic N) is 5. The van der Waals surface area contributed by atoms with Crippen LogP contribution in [0.3, 0.4) is 0 Å². The van der Waals surface area contributed by atoms with Crippen molar-refractivity contribution in [3.05, 3.63) is 36.4 Å². The summed E-state index contributed by atoms with van der Waals surface area (Å²) in [6.45, 7) is 1.28. The third-order valence-electron chi connectivity index (χ3n) is 6.27. The first kappa shape index (κ1) is 19.7. The summed E-state index contributed by atoms with van der Waals surface area (Å²) < 4.78 is 16.6. The molecule has 0 bridgehead atoms. The molecule has 2 amide bonds. The Labute approximate surface area is 170 Å². The molecule has 1 saturated carbocycles. The lowest BCUT2D eigenvalue weighted by molar-refractivity contribution is 0.179. The van der Waals surface area contributed by atoms with Crippen LogP contribution in [-0.4, -0.2) is 52.1 Å². The van der Waals surface area contributed by atoms with E-state index in [0.29, 0.717) is 30.5 Å². The zero-order valence-corrected chi connectivity index (χ0v) is 16.9. The van der Waals surface area contributed by atoms with Crippen molar-refractivity contribution < 1.29 is 9.18 Å². The first-order valence-electron chi connectivity index (χ1n) is 10.6. The predicted molar refractivity (Wildman–Crippen MR) is 111 cm³/mol. The molecule has 1 aliphatic carbocycles. The number of urea groups is 1. The van der Waals surface area contributed by atoms with Crippen LogP contribution in [0, 0.1) is 5.82 Å². The number of likely N-dealkylation sites (tertiary alicyclic amines) is 1. The van der Waals surface area contributed by atoms with E-state index in [1.54, 1.807) is 23.2 Å². The largest absolute Gasteiger partial charge is 0.369 e. The summed E-state index contributed by atoms with van der Waals surface area (Å²) in [5, 5.41) is 10.7. The molecule has 0 radical (unpaired) electrons. The fourth-order valence-corrected chi connectivity index (χ4v) is 4.48.